The summed E-state index contributed by atoms with van der Waals surface area (Å²) in [7, 11) is 0. The molecule has 0 saturated carbocycles. The van der Waals surface area contributed by atoms with Crippen molar-refractivity contribution in [1.29, 1.82) is 0 Å². The molecule has 3 nitrogen and oxygen atoms in total. The normalized spacial score (nSPS) is 11.1. The third-order valence-electron chi connectivity index (χ3n) is 4.31. The van der Waals surface area contributed by atoms with E-state index < -0.39 is 0 Å². The molecule has 0 bridgehead atoms. The van der Waals surface area contributed by atoms with Gasteiger partial charge >= 0.3 is 0 Å². The van der Waals surface area contributed by atoms with E-state index in [1.165, 1.54) is 0 Å². The standard InChI is InChI=1S/C22H18Cl2N2OS/c1-2-27-18-11-9-17(10-12-18)26-21-6-4-3-5-20(21)25-22(26)28-14-15-7-8-16(23)13-19(15)24/h3-13H,2,14H2,1H3. The zero-order chi connectivity index (χ0) is 19.5. The van der Waals surface area contributed by atoms with Crippen LogP contribution in [0.2, 0.25) is 10.0 Å². The fourth-order valence-electron chi connectivity index (χ4n) is 2.99. The molecule has 1 heterocycles. The summed E-state index contributed by atoms with van der Waals surface area (Å²) < 4.78 is 7.73. The van der Waals surface area contributed by atoms with Crippen molar-refractivity contribution in [3.8, 4) is 11.4 Å². The van der Waals surface area contributed by atoms with E-state index in [-0.39, 0.29) is 0 Å². The Balaban J connectivity index is 1.70. The predicted octanol–water partition coefficient (Wildman–Crippen LogP) is 7.02. The van der Waals surface area contributed by atoms with Gasteiger partial charge in [-0.2, -0.15) is 0 Å². The highest BCUT2D eigenvalue weighted by atomic mass is 35.5. The average molecular weight is 429 g/mol. The second-order valence-electron chi connectivity index (χ2n) is 6.17. The van der Waals surface area contributed by atoms with Crippen LogP contribution in [0.1, 0.15) is 12.5 Å². The molecule has 4 rings (SSSR count). The van der Waals surface area contributed by atoms with Gasteiger partial charge in [-0.05, 0) is 61.0 Å². The molecule has 142 valence electrons. The van der Waals surface area contributed by atoms with Crippen molar-refractivity contribution >= 4 is 46.0 Å². The molecule has 0 saturated heterocycles. The van der Waals surface area contributed by atoms with Crippen LogP contribution in [-0.4, -0.2) is 16.2 Å². The van der Waals surface area contributed by atoms with Crippen molar-refractivity contribution in [2.45, 2.75) is 17.8 Å². The smallest absolute Gasteiger partial charge is 0.174 e. The van der Waals surface area contributed by atoms with Gasteiger partial charge in [0.1, 0.15) is 5.75 Å². The van der Waals surface area contributed by atoms with Crippen molar-refractivity contribution in [3.05, 3.63) is 82.3 Å². The number of hydrogen-bond acceptors (Lipinski definition) is 3. The van der Waals surface area contributed by atoms with Gasteiger partial charge in [-0.1, -0.05) is 53.2 Å². The van der Waals surface area contributed by atoms with E-state index in [0.29, 0.717) is 22.4 Å². The number of thioether (sulfide) groups is 1. The topological polar surface area (TPSA) is 27.1 Å². The largest absolute Gasteiger partial charge is 0.494 e. The Bertz CT molecular complexity index is 1110. The number of ether oxygens (including phenoxy) is 1. The quantitative estimate of drug-likeness (QED) is 0.308. The Kier molecular flexibility index (Phi) is 5.81. The molecule has 0 amide bonds. The SMILES string of the molecule is CCOc1ccc(-n2c(SCc3ccc(Cl)cc3Cl)nc3ccccc32)cc1. The predicted molar refractivity (Wildman–Crippen MR) is 118 cm³/mol. The Morgan fingerprint density at radius 3 is 2.54 bits per heavy atom. The van der Waals surface area contributed by atoms with Gasteiger partial charge in [-0.3, -0.25) is 4.57 Å². The molecule has 0 spiro atoms. The van der Waals surface area contributed by atoms with Crippen LogP contribution < -0.4 is 4.74 Å². The van der Waals surface area contributed by atoms with Crippen molar-refractivity contribution in [1.82, 2.24) is 9.55 Å². The fraction of sp³-hybridized carbons (Fsp3) is 0.136. The summed E-state index contributed by atoms with van der Waals surface area (Å²) >= 11 is 14.0. The number of imidazole rings is 1. The maximum absolute atomic E-state index is 6.34. The summed E-state index contributed by atoms with van der Waals surface area (Å²) in [5, 5.41) is 2.22. The number of halogens is 2. The lowest BCUT2D eigenvalue weighted by Gasteiger charge is -2.11. The van der Waals surface area contributed by atoms with Crippen molar-refractivity contribution < 1.29 is 4.74 Å². The van der Waals surface area contributed by atoms with Gasteiger partial charge in [-0.15, -0.1) is 0 Å². The van der Waals surface area contributed by atoms with Crippen LogP contribution in [0, 0.1) is 0 Å². The van der Waals surface area contributed by atoms with E-state index in [1.54, 1.807) is 17.8 Å². The van der Waals surface area contributed by atoms with E-state index in [2.05, 4.69) is 22.8 Å². The molecule has 0 aliphatic carbocycles. The average Bonchev–Trinajstić information content (AvgIpc) is 3.06. The molecule has 0 atom stereocenters. The molecule has 0 aliphatic rings. The van der Waals surface area contributed by atoms with Gasteiger partial charge in [0, 0.05) is 21.5 Å². The number of hydrogen-bond donors (Lipinski definition) is 0. The molecule has 4 aromatic rings. The summed E-state index contributed by atoms with van der Waals surface area (Å²) in [6, 6.07) is 21.8. The summed E-state index contributed by atoms with van der Waals surface area (Å²) in [5.74, 6) is 1.56. The first-order chi connectivity index (χ1) is 13.7. The van der Waals surface area contributed by atoms with E-state index in [1.807, 2.05) is 49.4 Å². The number of para-hydroxylation sites is 2. The summed E-state index contributed by atoms with van der Waals surface area (Å²) in [4.78, 5) is 4.84. The van der Waals surface area contributed by atoms with Crippen LogP contribution >= 0.6 is 35.0 Å². The second-order valence-corrected chi connectivity index (χ2v) is 7.96. The van der Waals surface area contributed by atoms with Gasteiger partial charge in [0.05, 0.1) is 17.6 Å². The number of rotatable bonds is 6. The second kappa shape index (κ2) is 8.48. The maximum Gasteiger partial charge on any atom is 0.174 e. The zero-order valence-corrected chi connectivity index (χ0v) is 17.6. The van der Waals surface area contributed by atoms with E-state index in [0.717, 1.165) is 33.2 Å². The van der Waals surface area contributed by atoms with Crippen LogP contribution in [0.15, 0.2) is 71.9 Å². The molecule has 0 fully saturated rings. The lowest BCUT2D eigenvalue weighted by Crippen LogP contribution is -1.98. The number of nitrogens with zero attached hydrogens (tertiary/aromatic N) is 2. The molecule has 0 aliphatic heterocycles. The molecule has 1 aromatic heterocycles. The maximum atomic E-state index is 6.34. The van der Waals surface area contributed by atoms with Crippen LogP contribution in [-0.2, 0) is 5.75 Å². The first kappa shape index (κ1) is 19.2. The Hall–Kier alpha value is -2.14. The lowest BCUT2D eigenvalue weighted by atomic mass is 10.2. The molecule has 0 N–H and O–H groups in total. The minimum absolute atomic E-state index is 0.639. The van der Waals surface area contributed by atoms with Crippen LogP contribution in [0.5, 0.6) is 5.75 Å². The highest BCUT2D eigenvalue weighted by Gasteiger charge is 2.14. The highest BCUT2D eigenvalue weighted by Crippen LogP contribution is 2.32. The monoisotopic (exact) mass is 428 g/mol. The number of benzene rings is 3. The third-order valence-corrected chi connectivity index (χ3v) is 5.88. The molecular formula is C22H18Cl2N2OS. The van der Waals surface area contributed by atoms with Gasteiger partial charge in [0.25, 0.3) is 0 Å². The van der Waals surface area contributed by atoms with Crippen molar-refractivity contribution in [2.24, 2.45) is 0 Å². The van der Waals surface area contributed by atoms with Gasteiger partial charge < -0.3 is 4.74 Å². The van der Waals surface area contributed by atoms with Crippen molar-refractivity contribution in [3.63, 3.8) is 0 Å². The summed E-state index contributed by atoms with van der Waals surface area (Å²) in [6.07, 6.45) is 0. The minimum Gasteiger partial charge on any atom is -0.494 e. The Morgan fingerprint density at radius 1 is 1.00 bits per heavy atom. The molecule has 0 radical (unpaired) electrons. The number of fused-ring (bicyclic) bond motifs is 1. The highest BCUT2D eigenvalue weighted by molar-refractivity contribution is 7.98. The van der Waals surface area contributed by atoms with E-state index in [4.69, 9.17) is 32.9 Å². The Labute approximate surface area is 178 Å². The molecule has 6 heteroatoms. The van der Waals surface area contributed by atoms with Crippen LogP contribution in [0.4, 0.5) is 0 Å². The van der Waals surface area contributed by atoms with Gasteiger partial charge in [-0.25, -0.2) is 4.98 Å². The minimum atomic E-state index is 0.639. The summed E-state index contributed by atoms with van der Waals surface area (Å²) in [5.41, 5.74) is 4.10. The van der Waals surface area contributed by atoms with Gasteiger partial charge in [0.15, 0.2) is 5.16 Å². The van der Waals surface area contributed by atoms with E-state index in [9.17, 15) is 0 Å². The molecule has 28 heavy (non-hydrogen) atoms. The first-order valence-corrected chi connectivity index (χ1v) is 10.7. The number of aromatic nitrogens is 2. The Morgan fingerprint density at radius 2 is 1.79 bits per heavy atom. The van der Waals surface area contributed by atoms with Crippen LogP contribution in [0.25, 0.3) is 16.7 Å². The lowest BCUT2D eigenvalue weighted by molar-refractivity contribution is 0.340. The van der Waals surface area contributed by atoms with E-state index >= 15 is 0 Å². The summed E-state index contributed by atoms with van der Waals surface area (Å²) in [6.45, 7) is 2.63. The molecule has 0 unspecified atom stereocenters. The van der Waals surface area contributed by atoms with Crippen LogP contribution in [0.3, 0.4) is 0 Å². The van der Waals surface area contributed by atoms with Crippen molar-refractivity contribution in [2.75, 3.05) is 6.61 Å². The third kappa shape index (κ3) is 4.00. The molecule has 3 aromatic carbocycles. The molecular weight excluding hydrogens is 411 g/mol. The zero-order valence-electron chi connectivity index (χ0n) is 15.2. The fourth-order valence-corrected chi connectivity index (χ4v) is 4.58. The first-order valence-electron chi connectivity index (χ1n) is 8.93. The van der Waals surface area contributed by atoms with Gasteiger partial charge in [0.2, 0.25) is 0 Å².